The average Bonchev–Trinajstić information content (AvgIpc) is 2.75. The van der Waals surface area contributed by atoms with E-state index in [1.165, 1.54) is 30.0 Å². The van der Waals surface area contributed by atoms with Crippen LogP contribution in [0.1, 0.15) is 41.4 Å². The molecule has 0 fully saturated rings. The molecule has 3 aromatic rings. The molecule has 1 atom stereocenters. The first-order valence-corrected chi connectivity index (χ1v) is 10.5. The molecule has 2 N–H and O–H groups in total. The summed E-state index contributed by atoms with van der Waals surface area (Å²) < 4.78 is 20.7. The van der Waals surface area contributed by atoms with Gasteiger partial charge >= 0.3 is 5.97 Å². The van der Waals surface area contributed by atoms with Crippen LogP contribution in [0.3, 0.4) is 0 Å². The Hall–Kier alpha value is -2.97. The van der Waals surface area contributed by atoms with Gasteiger partial charge in [-0.3, -0.25) is 4.79 Å². The lowest BCUT2D eigenvalue weighted by atomic mass is 10.0. The van der Waals surface area contributed by atoms with Crippen molar-refractivity contribution in [2.24, 2.45) is 5.92 Å². The molecule has 2 heterocycles. The van der Waals surface area contributed by atoms with E-state index in [9.17, 15) is 24.2 Å². The number of aromatic carboxylic acids is 1. The molecular weight excluding hydrogens is 439 g/mol. The van der Waals surface area contributed by atoms with E-state index < -0.39 is 28.8 Å². The van der Waals surface area contributed by atoms with Gasteiger partial charge in [-0.15, -0.1) is 0 Å². The largest absolute Gasteiger partial charge is 0.481 e. The van der Waals surface area contributed by atoms with Crippen LogP contribution in [0.5, 0.6) is 5.88 Å². The summed E-state index contributed by atoms with van der Waals surface area (Å²) in [5, 5.41) is 19.6. The molecule has 0 aliphatic carbocycles. The zero-order valence-electron chi connectivity index (χ0n) is 17.9. The summed E-state index contributed by atoms with van der Waals surface area (Å²) in [4.78, 5) is 29.1. The predicted octanol–water partition coefficient (Wildman–Crippen LogP) is 3.87. The number of fused-ring (bicyclic) bond motifs is 1. The Morgan fingerprint density at radius 3 is 2.56 bits per heavy atom. The maximum Gasteiger partial charge on any atom is 0.341 e. The molecule has 9 heteroatoms. The number of hydrogen-bond acceptors (Lipinski definition) is 5. The van der Waals surface area contributed by atoms with E-state index in [2.05, 4.69) is 4.98 Å². The zero-order valence-corrected chi connectivity index (χ0v) is 18.7. The van der Waals surface area contributed by atoms with E-state index in [0.29, 0.717) is 24.0 Å². The number of pyridine rings is 2. The van der Waals surface area contributed by atoms with Crippen LogP contribution < -0.4 is 10.2 Å². The number of methoxy groups -OCH3 is 1. The quantitative estimate of drug-likeness (QED) is 0.527. The smallest absolute Gasteiger partial charge is 0.341 e. The molecule has 0 spiro atoms. The van der Waals surface area contributed by atoms with Gasteiger partial charge in [0.15, 0.2) is 0 Å². The number of ether oxygens (including phenoxy) is 1. The van der Waals surface area contributed by atoms with E-state index in [1.54, 1.807) is 12.1 Å². The van der Waals surface area contributed by atoms with Crippen molar-refractivity contribution in [1.82, 2.24) is 9.55 Å². The summed E-state index contributed by atoms with van der Waals surface area (Å²) in [6.07, 6.45) is 2.02. The van der Waals surface area contributed by atoms with Crippen LogP contribution >= 0.6 is 11.6 Å². The number of halogens is 2. The van der Waals surface area contributed by atoms with E-state index in [0.717, 1.165) is 0 Å². The Labute approximate surface area is 189 Å². The maximum absolute atomic E-state index is 13.8. The summed E-state index contributed by atoms with van der Waals surface area (Å²) in [5.41, 5.74) is 0.427. The summed E-state index contributed by atoms with van der Waals surface area (Å²) >= 11 is 5.74. The average molecular weight is 463 g/mol. The standard InChI is InChI=1S/C23H24ClFN2O5/c1-12(2)19(11-28)27-10-16(23(30)31)20(29)15-9-14(22(32-3)26-21(15)27)6-4-13-5-7-17(24)18(25)8-13/h5,7-10,12,19,28H,4,6,11H2,1-3H3,(H,30,31)/t19-/m1/s1. The second kappa shape index (κ2) is 9.67. The molecule has 0 aliphatic rings. The molecule has 0 amide bonds. The van der Waals surface area contributed by atoms with Gasteiger partial charge in [0.05, 0.1) is 30.2 Å². The summed E-state index contributed by atoms with van der Waals surface area (Å²) in [5.74, 6) is -1.67. The predicted molar refractivity (Wildman–Crippen MR) is 119 cm³/mol. The third-order valence-electron chi connectivity index (χ3n) is 5.45. The fourth-order valence-corrected chi connectivity index (χ4v) is 3.77. The lowest BCUT2D eigenvalue weighted by Crippen LogP contribution is -2.26. The third kappa shape index (κ3) is 4.61. The van der Waals surface area contributed by atoms with Gasteiger partial charge in [-0.05, 0) is 42.5 Å². The summed E-state index contributed by atoms with van der Waals surface area (Å²) in [6.45, 7) is 3.49. The zero-order chi connectivity index (χ0) is 23.6. The van der Waals surface area contributed by atoms with Gasteiger partial charge in [0.25, 0.3) is 0 Å². The van der Waals surface area contributed by atoms with Crippen molar-refractivity contribution in [1.29, 1.82) is 0 Å². The lowest BCUT2D eigenvalue weighted by Gasteiger charge is -2.24. The van der Waals surface area contributed by atoms with E-state index in [4.69, 9.17) is 16.3 Å². The molecular formula is C23H24ClFN2O5. The molecule has 170 valence electrons. The van der Waals surface area contributed by atoms with Crippen molar-refractivity contribution in [3.8, 4) is 5.88 Å². The number of carbonyl (C=O) groups is 1. The summed E-state index contributed by atoms with van der Waals surface area (Å²) in [6, 6.07) is 5.59. The van der Waals surface area contributed by atoms with Crippen LogP contribution in [0.25, 0.3) is 11.0 Å². The van der Waals surface area contributed by atoms with Crippen molar-refractivity contribution in [3.05, 3.63) is 68.2 Å². The number of aromatic nitrogens is 2. The highest BCUT2D eigenvalue weighted by atomic mass is 35.5. The van der Waals surface area contributed by atoms with Crippen molar-refractivity contribution in [2.45, 2.75) is 32.7 Å². The SMILES string of the molecule is COc1nc2c(cc1CCc1ccc(Cl)c(F)c1)c(=O)c(C(=O)O)cn2[C@H](CO)C(C)C. The molecule has 0 radical (unpaired) electrons. The molecule has 32 heavy (non-hydrogen) atoms. The number of aryl methyl sites for hydroxylation is 2. The Kier molecular flexibility index (Phi) is 7.16. The number of carboxylic acid groups (broad SMARTS) is 1. The number of aliphatic hydroxyl groups excluding tert-OH is 1. The number of rotatable bonds is 8. The number of nitrogens with zero attached hydrogens (tertiary/aromatic N) is 2. The fourth-order valence-electron chi connectivity index (χ4n) is 3.65. The van der Waals surface area contributed by atoms with Crippen LogP contribution in [0, 0.1) is 11.7 Å². The summed E-state index contributed by atoms with van der Waals surface area (Å²) in [7, 11) is 1.44. The Morgan fingerprint density at radius 2 is 2.00 bits per heavy atom. The van der Waals surface area contributed by atoms with Gasteiger partial charge in [-0.25, -0.2) is 9.18 Å². The number of hydrogen-bond donors (Lipinski definition) is 2. The molecule has 3 rings (SSSR count). The first-order chi connectivity index (χ1) is 15.2. The minimum Gasteiger partial charge on any atom is -0.481 e. The number of benzene rings is 1. The second-order valence-electron chi connectivity index (χ2n) is 7.85. The van der Waals surface area contributed by atoms with Crippen molar-refractivity contribution >= 4 is 28.6 Å². The highest BCUT2D eigenvalue weighted by molar-refractivity contribution is 6.30. The monoisotopic (exact) mass is 462 g/mol. The first-order valence-electron chi connectivity index (χ1n) is 10.1. The molecule has 0 saturated heterocycles. The normalized spacial score (nSPS) is 12.3. The molecule has 0 aliphatic heterocycles. The third-order valence-corrected chi connectivity index (χ3v) is 5.75. The van der Waals surface area contributed by atoms with Gasteiger partial charge in [0, 0.05) is 11.8 Å². The fraction of sp³-hybridized carbons (Fsp3) is 0.348. The van der Waals surface area contributed by atoms with Gasteiger partial charge in [0.1, 0.15) is 17.0 Å². The van der Waals surface area contributed by atoms with Gasteiger partial charge in [-0.1, -0.05) is 31.5 Å². The van der Waals surface area contributed by atoms with Gasteiger partial charge in [-0.2, -0.15) is 4.98 Å². The van der Waals surface area contributed by atoms with Crippen LogP contribution in [-0.4, -0.2) is 39.5 Å². The van der Waals surface area contributed by atoms with Gasteiger partial charge < -0.3 is 19.5 Å². The van der Waals surface area contributed by atoms with Crippen molar-refractivity contribution in [2.75, 3.05) is 13.7 Å². The Bertz CT molecular complexity index is 1230. The lowest BCUT2D eigenvalue weighted by molar-refractivity contribution is 0.0694. The van der Waals surface area contributed by atoms with Crippen LogP contribution in [-0.2, 0) is 12.8 Å². The second-order valence-corrected chi connectivity index (χ2v) is 8.26. The van der Waals surface area contributed by atoms with Gasteiger partial charge in [0.2, 0.25) is 11.3 Å². The highest BCUT2D eigenvalue weighted by Crippen LogP contribution is 2.27. The molecule has 7 nitrogen and oxygen atoms in total. The van der Waals surface area contributed by atoms with E-state index in [-0.39, 0.29) is 34.5 Å². The first kappa shape index (κ1) is 23.7. The minimum absolute atomic E-state index is 0.0315. The van der Waals surface area contributed by atoms with Crippen molar-refractivity contribution < 1.29 is 24.1 Å². The van der Waals surface area contributed by atoms with Crippen LogP contribution in [0.2, 0.25) is 5.02 Å². The molecule has 1 aromatic carbocycles. The van der Waals surface area contributed by atoms with E-state index in [1.807, 2.05) is 13.8 Å². The molecule has 2 aromatic heterocycles. The number of aliphatic hydroxyl groups is 1. The molecule has 0 saturated carbocycles. The highest BCUT2D eigenvalue weighted by Gasteiger charge is 2.23. The molecule has 0 unspecified atom stereocenters. The topological polar surface area (TPSA) is 102 Å². The van der Waals surface area contributed by atoms with Crippen LogP contribution in [0.15, 0.2) is 35.3 Å². The maximum atomic E-state index is 13.8. The van der Waals surface area contributed by atoms with E-state index >= 15 is 0 Å². The van der Waals surface area contributed by atoms with Crippen LogP contribution in [0.4, 0.5) is 4.39 Å². The Balaban J connectivity index is 2.16. The number of carboxylic acids is 1. The van der Waals surface area contributed by atoms with Crippen molar-refractivity contribution in [3.63, 3.8) is 0 Å². The molecule has 0 bridgehead atoms. The Morgan fingerprint density at radius 1 is 1.28 bits per heavy atom. The minimum atomic E-state index is -1.36.